The molecule has 0 radical (unpaired) electrons. The summed E-state index contributed by atoms with van der Waals surface area (Å²) in [5.74, 6) is -2.36. The van der Waals surface area contributed by atoms with E-state index in [9.17, 15) is 26.7 Å². The molecule has 100 valence electrons. The zero-order chi connectivity index (χ0) is 14.2. The Labute approximate surface area is 103 Å². The van der Waals surface area contributed by atoms with Crippen molar-refractivity contribution in [3.63, 3.8) is 0 Å². The summed E-state index contributed by atoms with van der Waals surface area (Å²) in [6.07, 6.45) is -3.70. The lowest BCUT2D eigenvalue weighted by molar-refractivity contribution is -0.141. The number of rotatable bonds is 2. The van der Waals surface area contributed by atoms with Gasteiger partial charge >= 0.3 is 6.18 Å². The van der Waals surface area contributed by atoms with Crippen molar-refractivity contribution < 1.29 is 26.7 Å². The van der Waals surface area contributed by atoms with Crippen LogP contribution in [0.5, 0.6) is 0 Å². The Kier molecular flexibility index (Phi) is 3.09. The molecule has 0 amide bonds. The SMILES string of the molecule is O=Cc1cc(F)c(-n2ccc(C(F)(F)F)n2)c(F)c1. The molecule has 8 heteroatoms. The molecule has 0 unspecified atom stereocenters. The number of hydrogen-bond donors (Lipinski definition) is 0. The Balaban J connectivity index is 2.54. The summed E-state index contributed by atoms with van der Waals surface area (Å²) in [6.45, 7) is 0. The van der Waals surface area contributed by atoms with Crippen molar-refractivity contribution in [2.24, 2.45) is 0 Å². The molecule has 3 nitrogen and oxygen atoms in total. The highest BCUT2D eigenvalue weighted by Gasteiger charge is 2.34. The maximum absolute atomic E-state index is 13.5. The van der Waals surface area contributed by atoms with Crippen molar-refractivity contribution in [3.8, 4) is 5.69 Å². The summed E-state index contributed by atoms with van der Waals surface area (Å²) >= 11 is 0. The predicted octanol–water partition coefficient (Wildman–Crippen LogP) is 2.98. The van der Waals surface area contributed by atoms with Gasteiger partial charge in [0, 0.05) is 11.8 Å². The highest BCUT2D eigenvalue weighted by molar-refractivity contribution is 5.75. The largest absolute Gasteiger partial charge is 0.435 e. The van der Waals surface area contributed by atoms with Crippen LogP contribution in [0.25, 0.3) is 5.69 Å². The number of carbonyl (C=O) groups excluding carboxylic acids is 1. The second-order valence-corrected chi connectivity index (χ2v) is 3.59. The molecule has 0 saturated carbocycles. The van der Waals surface area contributed by atoms with Gasteiger partial charge in [-0.1, -0.05) is 0 Å². The Morgan fingerprint density at radius 2 is 1.74 bits per heavy atom. The van der Waals surface area contributed by atoms with Crippen LogP contribution in [0.4, 0.5) is 22.0 Å². The molecule has 0 aliphatic rings. The Bertz CT molecular complexity index is 609. The van der Waals surface area contributed by atoms with Crippen molar-refractivity contribution in [2.45, 2.75) is 6.18 Å². The molecule has 0 aliphatic carbocycles. The van der Waals surface area contributed by atoms with Crippen LogP contribution in [0.15, 0.2) is 24.4 Å². The first-order chi connectivity index (χ1) is 8.82. The number of benzene rings is 1. The van der Waals surface area contributed by atoms with Gasteiger partial charge in [-0.15, -0.1) is 0 Å². The first-order valence-corrected chi connectivity index (χ1v) is 4.90. The number of halogens is 5. The zero-order valence-corrected chi connectivity index (χ0v) is 9.08. The van der Waals surface area contributed by atoms with E-state index < -0.39 is 29.2 Å². The first kappa shape index (κ1) is 13.2. The number of nitrogens with zero attached hydrogens (tertiary/aromatic N) is 2. The van der Waals surface area contributed by atoms with Gasteiger partial charge in [0.25, 0.3) is 0 Å². The van der Waals surface area contributed by atoms with Gasteiger partial charge in [0.15, 0.2) is 17.3 Å². The van der Waals surface area contributed by atoms with E-state index in [2.05, 4.69) is 5.10 Å². The number of aldehydes is 1. The fourth-order valence-electron chi connectivity index (χ4n) is 1.47. The van der Waals surface area contributed by atoms with Gasteiger partial charge in [-0.05, 0) is 18.2 Å². The number of aromatic nitrogens is 2. The Morgan fingerprint density at radius 3 is 2.16 bits per heavy atom. The molecular formula is C11H5F5N2O. The van der Waals surface area contributed by atoms with Crippen molar-refractivity contribution >= 4 is 6.29 Å². The fraction of sp³-hybridized carbons (Fsp3) is 0.0909. The van der Waals surface area contributed by atoms with Crippen LogP contribution < -0.4 is 0 Å². The van der Waals surface area contributed by atoms with Crippen LogP contribution in [0.3, 0.4) is 0 Å². The van der Waals surface area contributed by atoms with E-state index in [4.69, 9.17) is 0 Å². The maximum atomic E-state index is 13.5. The molecule has 0 aliphatic heterocycles. The molecule has 1 aromatic carbocycles. The highest BCUT2D eigenvalue weighted by Crippen LogP contribution is 2.28. The molecule has 0 atom stereocenters. The van der Waals surface area contributed by atoms with E-state index in [1.54, 1.807) is 0 Å². The van der Waals surface area contributed by atoms with Crippen molar-refractivity contribution in [3.05, 3.63) is 47.3 Å². The topological polar surface area (TPSA) is 34.9 Å². The predicted molar refractivity (Wildman–Crippen MR) is 53.9 cm³/mol. The zero-order valence-electron chi connectivity index (χ0n) is 9.08. The number of alkyl halides is 3. The Hall–Kier alpha value is -2.25. The molecule has 1 heterocycles. The van der Waals surface area contributed by atoms with Gasteiger partial charge in [0.1, 0.15) is 12.0 Å². The van der Waals surface area contributed by atoms with Crippen LogP contribution >= 0.6 is 0 Å². The average molecular weight is 276 g/mol. The normalized spacial score (nSPS) is 11.6. The van der Waals surface area contributed by atoms with Gasteiger partial charge in [-0.25, -0.2) is 13.5 Å². The summed E-state index contributed by atoms with van der Waals surface area (Å²) in [7, 11) is 0. The average Bonchev–Trinajstić information content (AvgIpc) is 2.76. The molecule has 2 rings (SSSR count). The molecule has 19 heavy (non-hydrogen) atoms. The number of hydrogen-bond acceptors (Lipinski definition) is 2. The fourth-order valence-corrected chi connectivity index (χ4v) is 1.47. The van der Waals surface area contributed by atoms with E-state index in [1.165, 1.54) is 0 Å². The van der Waals surface area contributed by atoms with Gasteiger partial charge in [0.05, 0.1) is 0 Å². The van der Waals surface area contributed by atoms with E-state index in [1.807, 2.05) is 0 Å². The van der Waals surface area contributed by atoms with E-state index in [-0.39, 0.29) is 11.8 Å². The molecule has 1 aromatic heterocycles. The third-order valence-electron chi connectivity index (χ3n) is 2.28. The smallest absolute Gasteiger partial charge is 0.298 e. The summed E-state index contributed by atoms with van der Waals surface area (Å²) in [5, 5.41) is 3.05. The summed E-state index contributed by atoms with van der Waals surface area (Å²) < 4.78 is 64.5. The second-order valence-electron chi connectivity index (χ2n) is 3.59. The molecule has 0 N–H and O–H groups in total. The van der Waals surface area contributed by atoms with Crippen molar-refractivity contribution in [2.75, 3.05) is 0 Å². The van der Waals surface area contributed by atoms with Crippen LogP contribution in [-0.4, -0.2) is 16.1 Å². The summed E-state index contributed by atoms with van der Waals surface area (Å²) in [4.78, 5) is 10.4. The lowest BCUT2D eigenvalue weighted by Crippen LogP contribution is -2.09. The standard InChI is InChI=1S/C11H5F5N2O/c12-7-3-6(5-19)4-8(13)10(7)18-2-1-9(17-18)11(14,15)16/h1-5H. The molecule has 0 fully saturated rings. The van der Waals surface area contributed by atoms with Crippen molar-refractivity contribution in [1.29, 1.82) is 0 Å². The minimum Gasteiger partial charge on any atom is -0.298 e. The molecule has 0 spiro atoms. The van der Waals surface area contributed by atoms with Gasteiger partial charge in [-0.3, -0.25) is 4.79 Å². The van der Waals surface area contributed by atoms with E-state index in [0.717, 1.165) is 6.20 Å². The van der Waals surface area contributed by atoms with Crippen LogP contribution in [-0.2, 0) is 6.18 Å². The lowest BCUT2D eigenvalue weighted by atomic mass is 10.2. The molecule has 2 aromatic rings. The molecule has 0 bridgehead atoms. The minimum atomic E-state index is -4.71. The molecular weight excluding hydrogens is 271 g/mol. The summed E-state index contributed by atoms with van der Waals surface area (Å²) in [6, 6.07) is 2.01. The van der Waals surface area contributed by atoms with Crippen molar-refractivity contribution in [1.82, 2.24) is 9.78 Å². The third-order valence-corrected chi connectivity index (χ3v) is 2.28. The monoisotopic (exact) mass is 276 g/mol. The second kappa shape index (κ2) is 4.45. The van der Waals surface area contributed by atoms with Crippen LogP contribution in [0, 0.1) is 11.6 Å². The summed E-state index contributed by atoms with van der Waals surface area (Å²) in [5.41, 5.74) is -2.31. The maximum Gasteiger partial charge on any atom is 0.435 e. The van der Waals surface area contributed by atoms with Gasteiger partial charge in [0.2, 0.25) is 0 Å². The van der Waals surface area contributed by atoms with E-state index in [0.29, 0.717) is 22.9 Å². The van der Waals surface area contributed by atoms with E-state index >= 15 is 0 Å². The van der Waals surface area contributed by atoms with Crippen LogP contribution in [0.1, 0.15) is 16.1 Å². The first-order valence-electron chi connectivity index (χ1n) is 4.90. The lowest BCUT2D eigenvalue weighted by Gasteiger charge is -2.06. The quantitative estimate of drug-likeness (QED) is 0.624. The number of carbonyl (C=O) groups is 1. The highest BCUT2D eigenvalue weighted by atomic mass is 19.4. The van der Waals surface area contributed by atoms with Crippen LogP contribution in [0.2, 0.25) is 0 Å². The third kappa shape index (κ3) is 2.47. The van der Waals surface area contributed by atoms with Gasteiger partial charge < -0.3 is 0 Å². The Morgan fingerprint density at radius 1 is 1.16 bits per heavy atom. The minimum absolute atomic E-state index is 0.222. The van der Waals surface area contributed by atoms with Gasteiger partial charge in [-0.2, -0.15) is 18.3 Å². The molecule has 0 saturated heterocycles.